The summed E-state index contributed by atoms with van der Waals surface area (Å²) in [6, 6.07) is 3.26. The van der Waals surface area contributed by atoms with Gasteiger partial charge in [-0.3, -0.25) is 0 Å². The average Bonchev–Trinajstić information content (AvgIpc) is 2.40. The van der Waals surface area contributed by atoms with Gasteiger partial charge in [-0.2, -0.15) is 0 Å². The molecule has 0 heterocycles. The standard InChI is InChI=1S/C16H21F2P/c1-10(2)12-5-3-11(4-6-12)9-13-7-8-14(19)16(18)15(13)17/h7-10,12H,3-6,19H2,1-2H3. The van der Waals surface area contributed by atoms with Gasteiger partial charge in [-0.1, -0.05) is 37.6 Å². The molecule has 3 heteroatoms. The highest BCUT2D eigenvalue weighted by molar-refractivity contribution is 7.27. The van der Waals surface area contributed by atoms with Crippen LogP contribution in [0.5, 0.6) is 0 Å². The summed E-state index contributed by atoms with van der Waals surface area (Å²) >= 11 is 0. The van der Waals surface area contributed by atoms with Gasteiger partial charge in [0, 0.05) is 10.9 Å². The molecule has 0 bridgehead atoms. The number of hydrogen-bond acceptors (Lipinski definition) is 0. The van der Waals surface area contributed by atoms with E-state index in [1.54, 1.807) is 12.1 Å². The molecule has 1 aliphatic carbocycles. The van der Waals surface area contributed by atoms with Crippen LogP contribution in [0.2, 0.25) is 0 Å². The van der Waals surface area contributed by atoms with E-state index in [-0.39, 0.29) is 5.30 Å². The van der Waals surface area contributed by atoms with E-state index in [2.05, 4.69) is 23.1 Å². The maximum absolute atomic E-state index is 13.8. The fraction of sp³-hybridized carbons (Fsp3) is 0.500. The second kappa shape index (κ2) is 6.13. The molecule has 1 atom stereocenters. The van der Waals surface area contributed by atoms with Crippen molar-refractivity contribution in [1.29, 1.82) is 0 Å². The van der Waals surface area contributed by atoms with E-state index in [9.17, 15) is 8.78 Å². The van der Waals surface area contributed by atoms with E-state index >= 15 is 0 Å². The molecule has 104 valence electrons. The van der Waals surface area contributed by atoms with Gasteiger partial charge in [-0.15, -0.1) is 9.24 Å². The van der Waals surface area contributed by atoms with Crippen molar-refractivity contribution >= 4 is 20.6 Å². The zero-order valence-corrected chi connectivity index (χ0v) is 12.7. The predicted molar refractivity (Wildman–Crippen MR) is 80.5 cm³/mol. The summed E-state index contributed by atoms with van der Waals surface area (Å²) in [5.41, 5.74) is 1.62. The summed E-state index contributed by atoms with van der Waals surface area (Å²) in [6.45, 7) is 4.51. The largest absolute Gasteiger partial charge is 0.203 e. The fourth-order valence-electron chi connectivity index (χ4n) is 2.73. The first kappa shape index (κ1) is 14.7. The molecule has 1 aromatic rings. The van der Waals surface area contributed by atoms with Crippen LogP contribution in [0, 0.1) is 23.5 Å². The molecule has 2 rings (SSSR count). The minimum Gasteiger partial charge on any atom is -0.203 e. The first-order chi connectivity index (χ1) is 8.99. The number of halogens is 2. The van der Waals surface area contributed by atoms with Gasteiger partial charge in [0.15, 0.2) is 11.6 Å². The van der Waals surface area contributed by atoms with Crippen molar-refractivity contribution in [2.24, 2.45) is 11.8 Å². The highest BCUT2D eigenvalue weighted by atomic mass is 31.0. The molecule has 19 heavy (non-hydrogen) atoms. The summed E-state index contributed by atoms with van der Waals surface area (Å²) in [5, 5.41) is 0.281. The molecule has 0 saturated heterocycles. The Morgan fingerprint density at radius 3 is 2.37 bits per heavy atom. The van der Waals surface area contributed by atoms with Crippen molar-refractivity contribution in [2.75, 3.05) is 0 Å². The van der Waals surface area contributed by atoms with Crippen LogP contribution in [0.4, 0.5) is 8.78 Å². The smallest absolute Gasteiger partial charge is 0.166 e. The first-order valence-corrected chi connectivity index (χ1v) is 7.49. The van der Waals surface area contributed by atoms with Crippen LogP contribution in [0.1, 0.15) is 45.1 Å². The lowest BCUT2D eigenvalue weighted by atomic mass is 9.79. The summed E-state index contributed by atoms with van der Waals surface area (Å²) in [4.78, 5) is 0. The summed E-state index contributed by atoms with van der Waals surface area (Å²) in [7, 11) is 2.21. The Hall–Kier alpha value is -0.750. The van der Waals surface area contributed by atoms with Crippen molar-refractivity contribution in [3.05, 3.63) is 34.9 Å². The van der Waals surface area contributed by atoms with Gasteiger partial charge in [0.1, 0.15) is 0 Å². The van der Waals surface area contributed by atoms with E-state index in [0.717, 1.165) is 31.6 Å². The third-order valence-electron chi connectivity index (χ3n) is 4.12. The van der Waals surface area contributed by atoms with E-state index < -0.39 is 11.6 Å². The van der Waals surface area contributed by atoms with Crippen LogP contribution in [0.25, 0.3) is 6.08 Å². The first-order valence-electron chi connectivity index (χ1n) is 6.92. The minimum absolute atomic E-state index is 0.281. The molecule has 0 radical (unpaired) electrons. The molecular formula is C16H21F2P. The monoisotopic (exact) mass is 282 g/mol. The second-order valence-corrected chi connectivity index (χ2v) is 6.38. The van der Waals surface area contributed by atoms with Crippen LogP contribution in [-0.2, 0) is 0 Å². The minimum atomic E-state index is -0.754. The maximum atomic E-state index is 13.8. The van der Waals surface area contributed by atoms with Gasteiger partial charge >= 0.3 is 0 Å². The Labute approximate surface area is 116 Å². The summed E-state index contributed by atoms with van der Waals surface area (Å²) < 4.78 is 27.3. The van der Waals surface area contributed by atoms with Gasteiger partial charge in [-0.25, -0.2) is 8.78 Å². The third kappa shape index (κ3) is 3.42. The summed E-state index contributed by atoms with van der Waals surface area (Å²) in [6.07, 6.45) is 6.17. The van der Waals surface area contributed by atoms with Crippen LogP contribution in [-0.4, -0.2) is 0 Å². The Balaban J connectivity index is 2.13. The Bertz CT molecular complexity index is 482. The van der Waals surface area contributed by atoms with E-state index in [1.807, 2.05) is 6.08 Å². The number of hydrogen-bond donors (Lipinski definition) is 0. The van der Waals surface area contributed by atoms with Gasteiger partial charge in [0.2, 0.25) is 0 Å². The highest BCUT2D eigenvalue weighted by Gasteiger charge is 2.19. The molecule has 1 saturated carbocycles. The molecule has 1 fully saturated rings. The lowest BCUT2D eigenvalue weighted by molar-refractivity contribution is 0.312. The third-order valence-corrected chi connectivity index (χ3v) is 4.56. The predicted octanol–water partition coefficient (Wildman–Crippen LogP) is 4.69. The van der Waals surface area contributed by atoms with Crippen molar-refractivity contribution in [3.8, 4) is 0 Å². The van der Waals surface area contributed by atoms with E-state index in [1.165, 1.54) is 5.57 Å². The number of benzene rings is 1. The summed E-state index contributed by atoms with van der Waals surface area (Å²) in [5.74, 6) is 0.00137. The topological polar surface area (TPSA) is 0 Å². The van der Waals surface area contributed by atoms with Crippen LogP contribution < -0.4 is 5.30 Å². The second-order valence-electron chi connectivity index (χ2n) is 5.76. The number of rotatable bonds is 2. The number of allylic oxidation sites excluding steroid dienone is 1. The zero-order valence-electron chi connectivity index (χ0n) is 11.5. The van der Waals surface area contributed by atoms with E-state index in [4.69, 9.17) is 0 Å². The van der Waals surface area contributed by atoms with Gasteiger partial charge in [0.05, 0.1) is 0 Å². The van der Waals surface area contributed by atoms with Gasteiger partial charge < -0.3 is 0 Å². The molecule has 0 aliphatic heterocycles. The van der Waals surface area contributed by atoms with Crippen molar-refractivity contribution in [3.63, 3.8) is 0 Å². The highest BCUT2D eigenvalue weighted by Crippen LogP contribution is 2.34. The molecular weight excluding hydrogens is 261 g/mol. The van der Waals surface area contributed by atoms with Gasteiger partial charge in [-0.05, 0) is 37.5 Å². The Kier molecular flexibility index (Phi) is 4.73. The fourth-order valence-corrected chi connectivity index (χ4v) is 2.96. The molecule has 1 unspecified atom stereocenters. The lowest BCUT2D eigenvalue weighted by Gasteiger charge is -2.27. The molecule has 1 aromatic carbocycles. The quantitative estimate of drug-likeness (QED) is 0.690. The molecule has 0 spiro atoms. The average molecular weight is 282 g/mol. The van der Waals surface area contributed by atoms with Crippen LogP contribution in [0.15, 0.2) is 17.7 Å². The Morgan fingerprint density at radius 1 is 1.16 bits per heavy atom. The molecule has 0 amide bonds. The van der Waals surface area contributed by atoms with Crippen LogP contribution in [0.3, 0.4) is 0 Å². The zero-order chi connectivity index (χ0) is 14.0. The lowest BCUT2D eigenvalue weighted by Crippen LogP contribution is -2.14. The van der Waals surface area contributed by atoms with Crippen molar-refractivity contribution < 1.29 is 8.78 Å². The Morgan fingerprint density at radius 2 is 1.79 bits per heavy atom. The SMILES string of the molecule is CC(C)C1CCC(=Cc2ccc(P)c(F)c2F)CC1. The molecule has 1 aliphatic rings. The maximum Gasteiger partial charge on any atom is 0.166 e. The van der Waals surface area contributed by atoms with Crippen molar-refractivity contribution in [2.45, 2.75) is 39.5 Å². The van der Waals surface area contributed by atoms with Crippen molar-refractivity contribution in [1.82, 2.24) is 0 Å². The van der Waals surface area contributed by atoms with Gasteiger partial charge in [0.25, 0.3) is 0 Å². The van der Waals surface area contributed by atoms with E-state index in [0.29, 0.717) is 11.5 Å². The normalized spacial score (nSPS) is 19.9. The molecule has 0 nitrogen and oxygen atoms in total. The molecule has 0 N–H and O–H groups in total. The van der Waals surface area contributed by atoms with Crippen LogP contribution >= 0.6 is 9.24 Å². The molecule has 0 aromatic heterocycles.